The fourth-order valence-electron chi connectivity index (χ4n) is 6.15. The number of aliphatic hydroxyl groups excluding tert-OH is 3. The van der Waals surface area contributed by atoms with Gasteiger partial charge in [0.05, 0.1) is 18.3 Å². The molecule has 0 aromatic rings. The van der Waals surface area contributed by atoms with Gasteiger partial charge in [-0.1, -0.05) is 43.2 Å². The first-order valence-electron chi connectivity index (χ1n) is 9.36. The molecule has 0 bridgehead atoms. The molecule has 0 radical (unpaired) electrons. The number of carbonyl (C=O) groups is 1. The van der Waals surface area contributed by atoms with Crippen LogP contribution in [0, 0.1) is 22.7 Å². The zero-order valence-corrected chi connectivity index (χ0v) is 15.2. The van der Waals surface area contributed by atoms with Gasteiger partial charge in [0.15, 0.2) is 5.78 Å². The molecule has 4 aliphatic carbocycles. The number of Topliss-reactive ketones (excluding diaryl/α,β-unsaturated/α-hetero) is 1. The summed E-state index contributed by atoms with van der Waals surface area (Å²) in [6, 6.07) is 0. The summed E-state index contributed by atoms with van der Waals surface area (Å²) in [5.74, 6) is 0.367. The Kier molecular flexibility index (Phi) is 3.70. The Hall–Kier alpha value is -1.23. The zero-order chi connectivity index (χ0) is 18.1. The molecule has 4 rings (SSSR count). The minimum atomic E-state index is -0.797. The molecule has 0 aromatic carbocycles. The van der Waals surface area contributed by atoms with Crippen LogP contribution in [0.25, 0.3) is 0 Å². The largest absolute Gasteiger partial charge is 0.392 e. The number of hydrogen-bond donors (Lipinski definition) is 3. The maximum atomic E-state index is 12.1. The third kappa shape index (κ3) is 2.14. The van der Waals surface area contributed by atoms with Gasteiger partial charge in [-0.25, -0.2) is 0 Å². The number of fused-ring (bicyclic) bond motifs is 5. The van der Waals surface area contributed by atoms with Crippen LogP contribution in [-0.2, 0) is 4.79 Å². The van der Waals surface area contributed by atoms with Gasteiger partial charge in [-0.15, -0.1) is 0 Å². The van der Waals surface area contributed by atoms with Crippen LogP contribution in [0.1, 0.15) is 46.5 Å². The number of carbonyl (C=O) groups excluding carboxylic acids is 1. The van der Waals surface area contributed by atoms with E-state index in [-0.39, 0.29) is 23.0 Å². The van der Waals surface area contributed by atoms with Crippen molar-refractivity contribution in [1.29, 1.82) is 0 Å². The van der Waals surface area contributed by atoms with Crippen molar-refractivity contribution in [2.45, 2.75) is 64.8 Å². The van der Waals surface area contributed by atoms with Crippen molar-refractivity contribution >= 4 is 5.78 Å². The first-order chi connectivity index (χ1) is 11.7. The molecule has 4 aliphatic rings. The van der Waals surface area contributed by atoms with Gasteiger partial charge in [0, 0.05) is 5.41 Å². The normalized spacial score (nSPS) is 48.6. The predicted molar refractivity (Wildman–Crippen MR) is 94.6 cm³/mol. The first-order valence-corrected chi connectivity index (χ1v) is 9.36. The van der Waals surface area contributed by atoms with Crippen molar-refractivity contribution < 1.29 is 20.1 Å². The first kappa shape index (κ1) is 17.2. The molecule has 25 heavy (non-hydrogen) atoms. The summed E-state index contributed by atoms with van der Waals surface area (Å²) in [5, 5.41) is 31.4. The highest BCUT2D eigenvalue weighted by Gasteiger charge is 2.59. The highest BCUT2D eigenvalue weighted by molar-refractivity contribution is 5.95. The molecule has 4 heteroatoms. The summed E-state index contributed by atoms with van der Waals surface area (Å²) in [5.41, 5.74) is 2.55. The lowest BCUT2D eigenvalue weighted by Crippen LogP contribution is -2.53. The van der Waals surface area contributed by atoms with Gasteiger partial charge in [-0.2, -0.15) is 0 Å². The summed E-state index contributed by atoms with van der Waals surface area (Å²) in [7, 11) is 0. The molecule has 1 saturated carbocycles. The quantitative estimate of drug-likeness (QED) is 0.638. The SMILES string of the molecule is CC(=O)C1=CC[C@H]2C3=CCC4=C[C@H](O)[C@@H](O)C[C@]4(C)[C@@H]3C[C@@H](O)[C@]12C. The van der Waals surface area contributed by atoms with Gasteiger partial charge in [0.2, 0.25) is 0 Å². The van der Waals surface area contributed by atoms with Crippen molar-refractivity contribution in [3.05, 3.63) is 34.9 Å². The zero-order valence-electron chi connectivity index (χ0n) is 15.2. The second-order valence-electron chi connectivity index (χ2n) is 8.83. The van der Waals surface area contributed by atoms with E-state index in [1.165, 1.54) is 11.1 Å². The number of hydrogen-bond acceptors (Lipinski definition) is 4. The molecule has 0 spiro atoms. The number of allylic oxidation sites excluding steroid dienone is 4. The van der Waals surface area contributed by atoms with Crippen LogP contribution in [-0.4, -0.2) is 39.4 Å². The van der Waals surface area contributed by atoms with Crippen LogP contribution in [0.2, 0.25) is 0 Å². The minimum absolute atomic E-state index is 0.0573. The van der Waals surface area contributed by atoms with E-state index in [4.69, 9.17) is 0 Å². The summed E-state index contributed by atoms with van der Waals surface area (Å²) < 4.78 is 0. The van der Waals surface area contributed by atoms with Gasteiger partial charge in [-0.3, -0.25) is 4.79 Å². The Balaban J connectivity index is 1.77. The Morgan fingerprint density at radius 3 is 2.56 bits per heavy atom. The van der Waals surface area contributed by atoms with Crippen molar-refractivity contribution in [3.63, 3.8) is 0 Å². The van der Waals surface area contributed by atoms with E-state index in [1.54, 1.807) is 6.92 Å². The standard InChI is InChI=1S/C21H28O4/c1-11(22)14-6-7-15-13-5-4-12-8-17(23)18(24)10-20(12,2)16(13)9-19(25)21(14,15)3/h5-6,8,15-19,23-25H,4,7,9-10H2,1-3H3/t15-,16+,17-,18-,19+,20-,21+/m0/s1. The molecular formula is C21H28O4. The van der Waals surface area contributed by atoms with E-state index >= 15 is 0 Å². The average molecular weight is 344 g/mol. The second-order valence-corrected chi connectivity index (χ2v) is 8.83. The highest BCUT2D eigenvalue weighted by Crippen LogP contribution is 2.63. The summed E-state index contributed by atoms with van der Waals surface area (Å²) in [6.45, 7) is 5.79. The number of aliphatic hydroxyl groups is 3. The maximum absolute atomic E-state index is 12.1. The van der Waals surface area contributed by atoms with Crippen LogP contribution < -0.4 is 0 Å². The highest BCUT2D eigenvalue weighted by atomic mass is 16.3. The molecule has 0 aliphatic heterocycles. The van der Waals surface area contributed by atoms with Crippen molar-refractivity contribution in [2.75, 3.05) is 0 Å². The molecule has 4 nitrogen and oxygen atoms in total. The Morgan fingerprint density at radius 2 is 1.88 bits per heavy atom. The summed E-state index contributed by atoms with van der Waals surface area (Å²) in [6.07, 6.45) is 6.66. The van der Waals surface area contributed by atoms with E-state index in [2.05, 4.69) is 13.0 Å². The summed E-state index contributed by atoms with van der Waals surface area (Å²) in [4.78, 5) is 12.1. The second kappa shape index (κ2) is 5.38. The van der Waals surface area contributed by atoms with E-state index in [1.807, 2.05) is 19.1 Å². The topological polar surface area (TPSA) is 77.8 Å². The van der Waals surface area contributed by atoms with E-state index in [0.717, 1.165) is 18.4 Å². The van der Waals surface area contributed by atoms with Crippen LogP contribution in [0.4, 0.5) is 0 Å². The third-order valence-electron chi connectivity index (χ3n) is 7.66. The van der Waals surface area contributed by atoms with Crippen molar-refractivity contribution in [3.8, 4) is 0 Å². The molecule has 7 atom stereocenters. The van der Waals surface area contributed by atoms with Gasteiger partial charge < -0.3 is 15.3 Å². The predicted octanol–water partition coefficient (Wildman–Crippen LogP) is 2.30. The molecule has 0 amide bonds. The van der Waals surface area contributed by atoms with Crippen molar-refractivity contribution in [2.24, 2.45) is 22.7 Å². The number of rotatable bonds is 1. The van der Waals surface area contributed by atoms with E-state index in [9.17, 15) is 20.1 Å². The Morgan fingerprint density at radius 1 is 1.16 bits per heavy atom. The van der Waals surface area contributed by atoms with Gasteiger partial charge in [0.1, 0.15) is 0 Å². The van der Waals surface area contributed by atoms with Crippen LogP contribution in [0.15, 0.2) is 34.9 Å². The molecule has 136 valence electrons. The molecular weight excluding hydrogens is 316 g/mol. The lowest BCUT2D eigenvalue weighted by Gasteiger charge is -2.56. The lowest BCUT2D eigenvalue weighted by molar-refractivity contribution is -0.116. The van der Waals surface area contributed by atoms with Crippen LogP contribution >= 0.6 is 0 Å². The molecule has 0 aromatic heterocycles. The van der Waals surface area contributed by atoms with E-state index < -0.39 is 23.7 Å². The monoisotopic (exact) mass is 344 g/mol. The fraction of sp³-hybridized carbons (Fsp3) is 0.667. The smallest absolute Gasteiger partial charge is 0.156 e. The van der Waals surface area contributed by atoms with Crippen molar-refractivity contribution in [1.82, 2.24) is 0 Å². The molecule has 0 unspecified atom stereocenters. The third-order valence-corrected chi connectivity index (χ3v) is 7.66. The molecule has 3 N–H and O–H groups in total. The molecule has 0 heterocycles. The van der Waals surface area contributed by atoms with Gasteiger partial charge in [-0.05, 0) is 55.4 Å². The summed E-state index contributed by atoms with van der Waals surface area (Å²) >= 11 is 0. The average Bonchev–Trinajstić information content (AvgIpc) is 2.89. The fourth-order valence-corrected chi connectivity index (χ4v) is 6.15. The van der Waals surface area contributed by atoms with Crippen LogP contribution in [0.3, 0.4) is 0 Å². The molecule has 0 saturated heterocycles. The minimum Gasteiger partial charge on any atom is -0.392 e. The Bertz CT molecular complexity index is 717. The Labute approximate surface area is 148 Å². The lowest BCUT2D eigenvalue weighted by atomic mass is 9.49. The van der Waals surface area contributed by atoms with Gasteiger partial charge in [0.25, 0.3) is 0 Å². The van der Waals surface area contributed by atoms with Gasteiger partial charge >= 0.3 is 0 Å². The number of ketones is 1. The maximum Gasteiger partial charge on any atom is 0.156 e. The van der Waals surface area contributed by atoms with E-state index in [0.29, 0.717) is 12.8 Å². The molecule has 1 fully saturated rings. The van der Waals surface area contributed by atoms with Crippen LogP contribution in [0.5, 0.6) is 0 Å².